The quantitative estimate of drug-likeness (QED) is 0.412. The Kier molecular flexibility index (Phi) is 5.13. The van der Waals surface area contributed by atoms with Crippen LogP contribution in [0.1, 0.15) is 17.7 Å². The molecule has 3 heterocycles. The predicted molar refractivity (Wildman–Crippen MR) is 128 cm³/mol. The highest BCUT2D eigenvalue weighted by Crippen LogP contribution is 2.39. The van der Waals surface area contributed by atoms with Crippen LogP contribution in [-0.2, 0) is 12.8 Å². The number of halogens is 2. The number of aryl methyl sites for hydroxylation is 1. The molecule has 0 amide bonds. The molecular formula is C25H23Cl2N3O2. The van der Waals surface area contributed by atoms with Crippen molar-refractivity contribution in [2.45, 2.75) is 25.4 Å². The highest BCUT2D eigenvalue weighted by Gasteiger charge is 2.26. The number of H-pyrrole nitrogens is 1. The van der Waals surface area contributed by atoms with E-state index in [2.05, 4.69) is 15.3 Å². The fraction of sp³-hybridized carbons (Fsp3) is 0.320. The second kappa shape index (κ2) is 8.14. The topological polar surface area (TPSA) is 59.2 Å². The maximum absolute atomic E-state index is 6.54. The van der Waals surface area contributed by atoms with Gasteiger partial charge in [0, 0.05) is 34.7 Å². The van der Waals surface area contributed by atoms with Gasteiger partial charge in [0.25, 0.3) is 0 Å². The molecule has 0 unspecified atom stereocenters. The third-order valence-electron chi connectivity index (χ3n) is 6.56. The minimum Gasteiger partial charge on any atom is -0.486 e. The van der Waals surface area contributed by atoms with E-state index in [1.165, 1.54) is 11.3 Å². The van der Waals surface area contributed by atoms with E-state index in [0.717, 1.165) is 65.7 Å². The van der Waals surface area contributed by atoms with Gasteiger partial charge < -0.3 is 19.8 Å². The minimum atomic E-state index is -0.0335. The molecule has 0 saturated heterocycles. The summed E-state index contributed by atoms with van der Waals surface area (Å²) in [5, 5.41) is 6.95. The second-order valence-corrected chi connectivity index (χ2v) is 9.43. The first-order chi connectivity index (χ1) is 15.7. The number of nitrogens with one attached hydrogen (secondary N) is 2. The van der Waals surface area contributed by atoms with Crippen LogP contribution in [0.2, 0.25) is 10.0 Å². The molecule has 6 rings (SSSR count). The van der Waals surface area contributed by atoms with Crippen molar-refractivity contribution in [3.8, 4) is 11.5 Å². The number of ether oxygens (including phenoxy) is 2. The maximum Gasteiger partial charge on any atom is 0.171 e. The molecule has 2 aliphatic rings. The van der Waals surface area contributed by atoms with Crippen LogP contribution in [0.5, 0.6) is 11.5 Å². The smallest absolute Gasteiger partial charge is 0.171 e. The summed E-state index contributed by atoms with van der Waals surface area (Å²) in [5.41, 5.74) is 4.60. The van der Waals surface area contributed by atoms with Gasteiger partial charge >= 0.3 is 0 Å². The standard InChI is InChI=1S/C25H23Cl2N3O2/c26-18-4-6-21-23(24(18)27)17-10-14(3-5-20(17)30-21)11-28-12-15-13-31-22-8-7-19-16(25(22)32-15)2-1-9-29-19/h1-2,4,6-9,14-15,28,30H,3,5,10-13H2/t14-,15+/m1/s1. The van der Waals surface area contributed by atoms with E-state index in [9.17, 15) is 0 Å². The van der Waals surface area contributed by atoms with Gasteiger partial charge in [-0.05, 0) is 73.7 Å². The monoisotopic (exact) mass is 467 g/mol. The summed E-state index contributed by atoms with van der Waals surface area (Å²) in [7, 11) is 0. The van der Waals surface area contributed by atoms with Crippen LogP contribution in [-0.4, -0.2) is 35.8 Å². The first kappa shape index (κ1) is 20.2. The van der Waals surface area contributed by atoms with E-state index >= 15 is 0 Å². The lowest BCUT2D eigenvalue weighted by atomic mass is 9.86. The molecule has 2 aromatic carbocycles. The van der Waals surface area contributed by atoms with Crippen molar-refractivity contribution in [1.82, 2.24) is 15.3 Å². The SMILES string of the molecule is Clc1ccc2[nH]c3c(c2c1Cl)C[C@H](CNC[C@H]1COc2ccc4ncccc4c2O1)CC3. The van der Waals surface area contributed by atoms with E-state index in [4.69, 9.17) is 32.7 Å². The maximum atomic E-state index is 6.54. The van der Waals surface area contributed by atoms with E-state index in [0.29, 0.717) is 22.6 Å². The molecule has 32 heavy (non-hydrogen) atoms. The predicted octanol–water partition coefficient (Wildman–Crippen LogP) is 5.56. The van der Waals surface area contributed by atoms with Crippen molar-refractivity contribution in [3.05, 3.63) is 63.9 Å². The number of aromatic amines is 1. The van der Waals surface area contributed by atoms with Crippen molar-refractivity contribution in [1.29, 1.82) is 0 Å². The summed E-state index contributed by atoms with van der Waals surface area (Å²) in [6.45, 7) is 2.20. The summed E-state index contributed by atoms with van der Waals surface area (Å²) >= 11 is 12.8. The van der Waals surface area contributed by atoms with E-state index in [1.807, 2.05) is 36.4 Å². The fourth-order valence-electron chi connectivity index (χ4n) is 4.96. The van der Waals surface area contributed by atoms with E-state index in [-0.39, 0.29) is 6.10 Å². The summed E-state index contributed by atoms with van der Waals surface area (Å²) in [6, 6.07) is 11.7. The number of rotatable bonds is 4. The lowest BCUT2D eigenvalue weighted by Gasteiger charge is -2.29. The molecule has 164 valence electrons. The lowest BCUT2D eigenvalue weighted by Crippen LogP contribution is -2.40. The molecule has 0 bridgehead atoms. The van der Waals surface area contributed by atoms with Gasteiger partial charge in [0.1, 0.15) is 12.7 Å². The van der Waals surface area contributed by atoms with Gasteiger partial charge in [-0.3, -0.25) is 4.98 Å². The van der Waals surface area contributed by atoms with Crippen molar-refractivity contribution < 1.29 is 9.47 Å². The molecule has 0 radical (unpaired) electrons. The van der Waals surface area contributed by atoms with E-state index < -0.39 is 0 Å². The molecule has 2 atom stereocenters. The number of hydrogen-bond acceptors (Lipinski definition) is 4. The van der Waals surface area contributed by atoms with Crippen LogP contribution in [0.15, 0.2) is 42.6 Å². The molecule has 0 fully saturated rings. The van der Waals surface area contributed by atoms with Crippen LogP contribution in [0.3, 0.4) is 0 Å². The van der Waals surface area contributed by atoms with Gasteiger partial charge in [0.2, 0.25) is 0 Å². The molecule has 0 saturated carbocycles. The third-order valence-corrected chi connectivity index (χ3v) is 7.36. The highest BCUT2D eigenvalue weighted by molar-refractivity contribution is 6.45. The Labute approximate surface area is 196 Å². The average Bonchev–Trinajstić information content (AvgIpc) is 3.20. The Morgan fingerprint density at radius 2 is 2.06 bits per heavy atom. The number of fused-ring (bicyclic) bond motifs is 6. The summed E-state index contributed by atoms with van der Waals surface area (Å²) < 4.78 is 12.3. The number of pyridine rings is 1. The van der Waals surface area contributed by atoms with Gasteiger partial charge in [-0.1, -0.05) is 23.2 Å². The zero-order chi connectivity index (χ0) is 21.7. The molecule has 1 aliphatic heterocycles. The Hall–Kier alpha value is -2.47. The minimum absolute atomic E-state index is 0.0335. The van der Waals surface area contributed by atoms with Gasteiger partial charge in [-0.25, -0.2) is 0 Å². The third kappa shape index (κ3) is 3.49. The van der Waals surface area contributed by atoms with E-state index in [1.54, 1.807) is 6.20 Å². The van der Waals surface area contributed by atoms with Crippen molar-refractivity contribution in [2.24, 2.45) is 5.92 Å². The zero-order valence-electron chi connectivity index (χ0n) is 17.5. The molecule has 7 heteroatoms. The Balaban J connectivity index is 1.12. The second-order valence-electron chi connectivity index (χ2n) is 8.65. The Morgan fingerprint density at radius 1 is 1.12 bits per heavy atom. The number of benzene rings is 2. The van der Waals surface area contributed by atoms with Crippen LogP contribution in [0, 0.1) is 5.92 Å². The molecule has 2 N–H and O–H groups in total. The van der Waals surface area contributed by atoms with Crippen LogP contribution in [0.25, 0.3) is 21.8 Å². The number of aromatic nitrogens is 2. The molecule has 0 spiro atoms. The van der Waals surface area contributed by atoms with Crippen molar-refractivity contribution in [2.75, 3.05) is 19.7 Å². The van der Waals surface area contributed by atoms with Crippen molar-refractivity contribution in [3.63, 3.8) is 0 Å². The largest absolute Gasteiger partial charge is 0.486 e. The molecule has 5 nitrogen and oxygen atoms in total. The summed E-state index contributed by atoms with van der Waals surface area (Å²) in [6.07, 6.45) is 4.92. The molecule has 4 aromatic rings. The number of nitrogens with zero attached hydrogens (tertiary/aromatic N) is 1. The van der Waals surface area contributed by atoms with Crippen LogP contribution >= 0.6 is 23.2 Å². The lowest BCUT2D eigenvalue weighted by molar-refractivity contribution is 0.0915. The first-order valence-electron chi connectivity index (χ1n) is 11.0. The van der Waals surface area contributed by atoms with Gasteiger partial charge in [0.05, 0.1) is 15.6 Å². The van der Waals surface area contributed by atoms with Gasteiger partial charge in [0.15, 0.2) is 11.5 Å². The normalized spacial score (nSPS) is 19.9. The Morgan fingerprint density at radius 3 is 3.00 bits per heavy atom. The molecule has 2 aromatic heterocycles. The van der Waals surface area contributed by atoms with Crippen molar-refractivity contribution >= 4 is 45.0 Å². The Bertz CT molecular complexity index is 1320. The number of hydrogen-bond donors (Lipinski definition) is 2. The highest BCUT2D eigenvalue weighted by atomic mass is 35.5. The fourth-order valence-corrected chi connectivity index (χ4v) is 5.40. The van der Waals surface area contributed by atoms with Crippen LogP contribution in [0.4, 0.5) is 0 Å². The summed E-state index contributed by atoms with van der Waals surface area (Å²) in [4.78, 5) is 7.94. The first-order valence-corrected chi connectivity index (χ1v) is 11.8. The summed E-state index contributed by atoms with van der Waals surface area (Å²) in [5.74, 6) is 2.12. The molecular weight excluding hydrogens is 445 g/mol. The average molecular weight is 468 g/mol. The zero-order valence-corrected chi connectivity index (χ0v) is 19.0. The van der Waals surface area contributed by atoms with Crippen LogP contribution < -0.4 is 14.8 Å². The molecule has 1 aliphatic carbocycles. The van der Waals surface area contributed by atoms with Gasteiger partial charge in [-0.15, -0.1) is 0 Å². The van der Waals surface area contributed by atoms with Gasteiger partial charge in [-0.2, -0.15) is 0 Å².